The van der Waals surface area contributed by atoms with Gasteiger partial charge >= 0.3 is 18.5 Å². The fourth-order valence-electron chi connectivity index (χ4n) is 2.70. The molecule has 1 aliphatic heterocycles. The van der Waals surface area contributed by atoms with Crippen molar-refractivity contribution in [2.75, 3.05) is 26.2 Å². The summed E-state index contributed by atoms with van der Waals surface area (Å²) in [5, 5.41) is 0. The molecular weight excluding hydrogens is 423 g/mol. The maximum atomic E-state index is 12.9. The van der Waals surface area contributed by atoms with Crippen LogP contribution in [0.25, 0.3) is 0 Å². The van der Waals surface area contributed by atoms with Gasteiger partial charge in [-0.25, -0.2) is 0 Å². The Labute approximate surface area is 157 Å². The maximum Gasteiger partial charge on any atom is 0.416 e. The van der Waals surface area contributed by atoms with E-state index in [9.17, 15) is 49.1 Å². The van der Waals surface area contributed by atoms with Crippen molar-refractivity contribution in [3.8, 4) is 0 Å². The summed E-state index contributed by atoms with van der Waals surface area (Å²) in [6.45, 7) is -1.32. The van der Waals surface area contributed by atoms with Gasteiger partial charge in [-0.05, 0) is 18.2 Å². The number of carbonyl (C=O) groups excluding carboxylic acids is 2. The summed E-state index contributed by atoms with van der Waals surface area (Å²) < 4.78 is 114. The predicted octanol–water partition coefficient (Wildman–Crippen LogP) is 3.96. The first kappa shape index (κ1) is 22.8. The summed E-state index contributed by atoms with van der Waals surface area (Å²) >= 11 is 0. The third-order valence-electron chi connectivity index (χ3n) is 4.11. The van der Waals surface area contributed by atoms with Crippen LogP contribution in [-0.2, 0) is 17.1 Å². The van der Waals surface area contributed by atoms with E-state index in [1.807, 2.05) is 0 Å². The molecule has 13 heteroatoms. The second kappa shape index (κ2) is 7.75. The standard InChI is InChI=1S/C16H13F9N2O2/c17-14(18,19)8-12(28)26-1-3-27(4-2-26)13(29)9-5-10(15(20,21)22)7-11(6-9)16(23,24)25/h5-7H,1-4,8H2. The lowest BCUT2D eigenvalue weighted by Gasteiger charge is -2.35. The third kappa shape index (κ3) is 6.00. The molecular formula is C16H13F9N2O2. The lowest BCUT2D eigenvalue weighted by molar-refractivity contribution is -0.162. The van der Waals surface area contributed by atoms with Crippen molar-refractivity contribution in [2.24, 2.45) is 0 Å². The van der Waals surface area contributed by atoms with Crippen molar-refractivity contribution in [2.45, 2.75) is 24.9 Å². The van der Waals surface area contributed by atoms with Crippen molar-refractivity contribution < 1.29 is 49.1 Å². The first-order valence-corrected chi connectivity index (χ1v) is 8.01. The minimum atomic E-state index is -5.13. The zero-order valence-electron chi connectivity index (χ0n) is 14.4. The van der Waals surface area contributed by atoms with Crippen LogP contribution in [0.2, 0.25) is 0 Å². The number of carbonyl (C=O) groups is 2. The fraction of sp³-hybridized carbons (Fsp3) is 0.500. The number of rotatable bonds is 2. The Hall–Kier alpha value is -2.47. The second-order valence-corrected chi connectivity index (χ2v) is 6.26. The Morgan fingerprint density at radius 2 is 1.14 bits per heavy atom. The van der Waals surface area contributed by atoms with Crippen molar-refractivity contribution in [1.29, 1.82) is 0 Å². The molecule has 2 rings (SSSR count). The molecule has 1 saturated heterocycles. The number of piperazine rings is 1. The third-order valence-corrected chi connectivity index (χ3v) is 4.11. The fourth-order valence-corrected chi connectivity index (χ4v) is 2.70. The van der Waals surface area contributed by atoms with Gasteiger partial charge in [0.15, 0.2) is 0 Å². The average Bonchev–Trinajstić information content (AvgIpc) is 2.58. The molecule has 29 heavy (non-hydrogen) atoms. The van der Waals surface area contributed by atoms with E-state index in [0.29, 0.717) is 0 Å². The van der Waals surface area contributed by atoms with Gasteiger partial charge in [-0.15, -0.1) is 0 Å². The van der Waals surface area contributed by atoms with Crippen LogP contribution in [0.5, 0.6) is 0 Å². The van der Waals surface area contributed by atoms with Gasteiger partial charge in [0.2, 0.25) is 5.91 Å². The second-order valence-electron chi connectivity index (χ2n) is 6.26. The number of alkyl halides is 9. The average molecular weight is 436 g/mol. The van der Waals surface area contributed by atoms with Crippen LogP contribution >= 0.6 is 0 Å². The highest BCUT2D eigenvalue weighted by Gasteiger charge is 2.39. The molecule has 0 radical (unpaired) electrons. The van der Waals surface area contributed by atoms with Crippen LogP contribution in [0.15, 0.2) is 18.2 Å². The molecule has 1 fully saturated rings. The van der Waals surface area contributed by atoms with Gasteiger partial charge in [0.1, 0.15) is 6.42 Å². The van der Waals surface area contributed by atoms with E-state index < -0.39 is 53.5 Å². The van der Waals surface area contributed by atoms with Gasteiger partial charge in [-0.3, -0.25) is 9.59 Å². The van der Waals surface area contributed by atoms with E-state index in [1.54, 1.807) is 0 Å². The maximum absolute atomic E-state index is 12.9. The molecule has 162 valence electrons. The number of benzene rings is 1. The SMILES string of the molecule is O=C(CC(F)(F)F)N1CCN(C(=O)c2cc(C(F)(F)F)cc(C(F)(F)F)c2)CC1. The molecule has 0 aromatic heterocycles. The lowest BCUT2D eigenvalue weighted by atomic mass is 10.0. The highest BCUT2D eigenvalue weighted by atomic mass is 19.4. The molecule has 1 heterocycles. The molecule has 1 aromatic carbocycles. The highest BCUT2D eigenvalue weighted by molar-refractivity contribution is 5.95. The zero-order valence-corrected chi connectivity index (χ0v) is 14.4. The van der Waals surface area contributed by atoms with E-state index in [1.165, 1.54) is 0 Å². The van der Waals surface area contributed by atoms with E-state index in [2.05, 4.69) is 0 Å². The number of hydrogen-bond donors (Lipinski definition) is 0. The van der Waals surface area contributed by atoms with Gasteiger partial charge in [0.05, 0.1) is 11.1 Å². The Morgan fingerprint density at radius 3 is 1.52 bits per heavy atom. The molecule has 0 atom stereocenters. The van der Waals surface area contributed by atoms with Crippen LogP contribution in [0, 0.1) is 0 Å². The number of hydrogen-bond acceptors (Lipinski definition) is 2. The van der Waals surface area contributed by atoms with Gasteiger partial charge in [-0.1, -0.05) is 0 Å². The van der Waals surface area contributed by atoms with Gasteiger partial charge < -0.3 is 9.80 Å². The predicted molar refractivity (Wildman–Crippen MR) is 79.6 cm³/mol. The van der Waals surface area contributed by atoms with Crippen LogP contribution in [-0.4, -0.2) is 54.0 Å². The Bertz CT molecular complexity index is 744. The van der Waals surface area contributed by atoms with E-state index in [4.69, 9.17) is 0 Å². The molecule has 1 aliphatic rings. The molecule has 0 bridgehead atoms. The smallest absolute Gasteiger partial charge is 0.339 e. The summed E-state index contributed by atoms with van der Waals surface area (Å²) in [6.07, 6.45) is -16.7. The van der Waals surface area contributed by atoms with Gasteiger partial charge in [0, 0.05) is 31.7 Å². The molecule has 0 N–H and O–H groups in total. The number of nitrogens with zero attached hydrogens (tertiary/aromatic N) is 2. The minimum Gasteiger partial charge on any atom is -0.339 e. The van der Waals surface area contributed by atoms with Crippen LogP contribution < -0.4 is 0 Å². The van der Waals surface area contributed by atoms with Crippen molar-refractivity contribution >= 4 is 11.8 Å². The van der Waals surface area contributed by atoms with E-state index >= 15 is 0 Å². The number of amides is 2. The summed E-state index contributed by atoms with van der Waals surface area (Å²) in [5.74, 6) is -2.38. The minimum absolute atomic E-state index is 0.121. The molecule has 4 nitrogen and oxygen atoms in total. The summed E-state index contributed by atoms with van der Waals surface area (Å²) in [6, 6.07) is 0.433. The first-order chi connectivity index (χ1) is 13.1. The molecule has 0 unspecified atom stereocenters. The summed E-state index contributed by atoms with van der Waals surface area (Å²) in [5.41, 5.74) is -4.17. The van der Waals surface area contributed by atoms with Crippen molar-refractivity contribution in [3.63, 3.8) is 0 Å². The normalized spacial score (nSPS) is 16.2. The zero-order chi connectivity index (χ0) is 22.2. The van der Waals surface area contributed by atoms with Gasteiger partial charge in [0.25, 0.3) is 5.91 Å². The molecule has 2 amide bonds. The van der Waals surface area contributed by atoms with Gasteiger partial charge in [-0.2, -0.15) is 39.5 Å². The van der Waals surface area contributed by atoms with E-state index in [-0.39, 0.29) is 44.4 Å². The molecule has 0 spiro atoms. The Morgan fingerprint density at radius 1 is 0.724 bits per heavy atom. The van der Waals surface area contributed by atoms with Crippen LogP contribution in [0.3, 0.4) is 0 Å². The lowest BCUT2D eigenvalue weighted by Crippen LogP contribution is -2.51. The van der Waals surface area contributed by atoms with Crippen LogP contribution in [0.1, 0.15) is 27.9 Å². The Kier molecular flexibility index (Phi) is 6.09. The van der Waals surface area contributed by atoms with E-state index in [0.717, 1.165) is 9.80 Å². The van der Waals surface area contributed by atoms with Crippen LogP contribution in [0.4, 0.5) is 39.5 Å². The number of halogens is 9. The molecule has 0 saturated carbocycles. The monoisotopic (exact) mass is 436 g/mol. The summed E-state index contributed by atoms with van der Waals surface area (Å²) in [4.78, 5) is 25.6. The quantitative estimate of drug-likeness (QED) is 0.659. The van der Waals surface area contributed by atoms with Crippen molar-refractivity contribution in [3.05, 3.63) is 34.9 Å². The Balaban J connectivity index is 2.18. The van der Waals surface area contributed by atoms with Crippen molar-refractivity contribution in [1.82, 2.24) is 9.80 Å². The highest BCUT2D eigenvalue weighted by Crippen LogP contribution is 2.36. The summed E-state index contributed by atoms with van der Waals surface area (Å²) in [7, 11) is 0. The molecule has 1 aromatic rings. The first-order valence-electron chi connectivity index (χ1n) is 8.01. The topological polar surface area (TPSA) is 40.6 Å². The molecule has 0 aliphatic carbocycles. The largest absolute Gasteiger partial charge is 0.416 e.